The lowest BCUT2D eigenvalue weighted by atomic mass is 10.0. The zero-order chi connectivity index (χ0) is 19.9. The molecular formula is C17H36FNO7. The van der Waals surface area contributed by atoms with Gasteiger partial charge in [0.05, 0.1) is 38.6 Å². The van der Waals surface area contributed by atoms with Crippen molar-refractivity contribution in [1.29, 1.82) is 0 Å². The molecule has 0 radical (unpaired) electrons. The van der Waals surface area contributed by atoms with Gasteiger partial charge in [-0.3, -0.25) is 0 Å². The summed E-state index contributed by atoms with van der Waals surface area (Å²) in [5.41, 5.74) is 3.87. The van der Waals surface area contributed by atoms with Crippen molar-refractivity contribution >= 4 is 0 Å². The van der Waals surface area contributed by atoms with Gasteiger partial charge < -0.3 is 40.0 Å². The van der Waals surface area contributed by atoms with Crippen LogP contribution in [0.1, 0.15) is 33.1 Å². The summed E-state index contributed by atoms with van der Waals surface area (Å²) in [5.74, 6) is 0. The minimum absolute atomic E-state index is 0.0499. The molecule has 8 nitrogen and oxygen atoms in total. The molecule has 26 heavy (non-hydrogen) atoms. The third-order valence-electron chi connectivity index (χ3n) is 3.70. The number of alkyl halides is 1. The molecule has 0 rings (SSSR count). The van der Waals surface area contributed by atoms with Crippen molar-refractivity contribution < 1.29 is 38.7 Å². The van der Waals surface area contributed by atoms with E-state index in [9.17, 15) is 9.50 Å². The van der Waals surface area contributed by atoms with Crippen molar-refractivity contribution in [2.45, 2.75) is 50.5 Å². The molecular weight excluding hydrogens is 349 g/mol. The highest BCUT2D eigenvalue weighted by molar-refractivity contribution is 4.75. The van der Waals surface area contributed by atoms with Crippen molar-refractivity contribution in [3.05, 3.63) is 0 Å². The topological polar surface area (TPSA) is 124 Å². The van der Waals surface area contributed by atoms with Gasteiger partial charge >= 0.3 is 0 Å². The monoisotopic (exact) mass is 385 g/mol. The molecule has 0 saturated carbocycles. The number of ether oxygens (including phenoxy) is 4. The van der Waals surface area contributed by atoms with Crippen LogP contribution in [0, 0.1) is 0 Å². The summed E-state index contributed by atoms with van der Waals surface area (Å²) in [5, 5.41) is 27.1. The fraction of sp³-hybridized carbons (Fsp3) is 1.00. The smallest absolute Gasteiger partial charge is 0.118 e. The minimum atomic E-state index is -1.01. The number of rotatable bonds is 18. The average Bonchev–Trinajstić information content (AvgIpc) is 2.58. The maximum atomic E-state index is 13.3. The Labute approximate surface area is 155 Å². The van der Waals surface area contributed by atoms with E-state index in [1.54, 1.807) is 13.8 Å². The molecule has 0 amide bonds. The van der Waals surface area contributed by atoms with E-state index in [1.165, 1.54) is 0 Å². The van der Waals surface area contributed by atoms with Gasteiger partial charge in [0.25, 0.3) is 0 Å². The third kappa shape index (κ3) is 13.8. The van der Waals surface area contributed by atoms with Crippen LogP contribution in [0.5, 0.6) is 0 Å². The van der Waals surface area contributed by atoms with Gasteiger partial charge in [-0.2, -0.15) is 0 Å². The SMILES string of the molecule is CC(N)(CCO)OCCC(C)(CF)OCCOCC(O)COCCCO. The van der Waals surface area contributed by atoms with E-state index in [0.717, 1.165) is 0 Å². The van der Waals surface area contributed by atoms with Crippen molar-refractivity contribution in [2.75, 3.05) is 59.5 Å². The molecule has 0 bridgehead atoms. The first-order chi connectivity index (χ1) is 12.3. The van der Waals surface area contributed by atoms with E-state index >= 15 is 0 Å². The Balaban J connectivity index is 3.85. The van der Waals surface area contributed by atoms with Crippen molar-refractivity contribution in [3.8, 4) is 0 Å². The molecule has 158 valence electrons. The highest BCUT2D eigenvalue weighted by atomic mass is 19.1. The second-order valence-corrected chi connectivity index (χ2v) is 6.70. The molecule has 0 fully saturated rings. The van der Waals surface area contributed by atoms with Crippen LogP contribution in [0.3, 0.4) is 0 Å². The van der Waals surface area contributed by atoms with Crippen molar-refractivity contribution in [2.24, 2.45) is 5.73 Å². The first-order valence-electron chi connectivity index (χ1n) is 8.96. The van der Waals surface area contributed by atoms with Crippen LogP contribution in [0.2, 0.25) is 0 Å². The molecule has 3 unspecified atom stereocenters. The number of hydrogen-bond donors (Lipinski definition) is 4. The standard InChI is InChI=1S/C17H36FNO7/c1-16(14-18,5-9-26-17(2,19)4-7-21)25-11-10-24-13-15(22)12-23-8-3-6-20/h15,20-22H,3-14,19H2,1-2H3. The largest absolute Gasteiger partial charge is 0.396 e. The number of hydrogen-bond acceptors (Lipinski definition) is 8. The molecule has 0 aliphatic rings. The van der Waals surface area contributed by atoms with Crippen LogP contribution in [0.15, 0.2) is 0 Å². The Morgan fingerprint density at radius 2 is 1.58 bits per heavy atom. The van der Waals surface area contributed by atoms with Crippen LogP contribution in [-0.2, 0) is 18.9 Å². The summed E-state index contributed by atoms with van der Waals surface area (Å²) < 4.78 is 34.7. The summed E-state index contributed by atoms with van der Waals surface area (Å²) >= 11 is 0. The molecule has 0 aromatic heterocycles. The van der Waals surface area contributed by atoms with Gasteiger partial charge in [0.15, 0.2) is 0 Å². The molecule has 0 aromatic rings. The summed E-state index contributed by atoms with van der Waals surface area (Å²) in [6, 6.07) is 0. The summed E-state index contributed by atoms with van der Waals surface area (Å²) in [6.07, 6.45) is 0.364. The maximum absolute atomic E-state index is 13.3. The van der Waals surface area contributed by atoms with E-state index in [0.29, 0.717) is 25.9 Å². The quantitative estimate of drug-likeness (QED) is 0.192. The highest BCUT2D eigenvalue weighted by Crippen LogP contribution is 2.18. The minimum Gasteiger partial charge on any atom is -0.396 e. The Morgan fingerprint density at radius 3 is 2.15 bits per heavy atom. The fourth-order valence-electron chi connectivity index (χ4n) is 1.97. The molecule has 3 atom stereocenters. The zero-order valence-corrected chi connectivity index (χ0v) is 16.0. The van der Waals surface area contributed by atoms with Gasteiger partial charge in [-0.05, 0) is 20.3 Å². The molecule has 0 aliphatic carbocycles. The molecule has 5 N–H and O–H groups in total. The zero-order valence-electron chi connectivity index (χ0n) is 16.0. The molecule has 0 heterocycles. The second kappa shape index (κ2) is 14.6. The molecule has 0 aromatic carbocycles. The van der Waals surface area contributed by atoms with E-state index in [1.807, 2.05) is 0 Å². The molecule has 0 aliphatic heterocycles. The molecule has 9 heteroatoms. The van der Waals surface area contributed by atoms with Gasteiger partial charge in [-0.25, -0.2) is 4.39 Å². The lowest BCUT2D eigenvalue weighted by Crippen LogP contribution is -2.42. The number of aliphatic hydroxyl groups is 3. The van der Waals surface area contributed by atoms with Crippen LogP contribution in [0.25, 0.3) is 0 Å². The fourth-order valence-corrected chi connectivity index (χ4v) is 1.97. The maximum Gasteiger partial charge on any atom is 0.118 e. The predicted molar refractivity (Wildman–Crippen MR) is 94.5 cm³/mol. The van der Waals surface area contributed by atoms with Gasteiger partial charge in [0.2, 0.25) is 0 Å². The summed E-state index contributed by atoms with van der Waals surface area (Å²) in [4.78, 5) is 0. The summed E-state index contributed by atoms with van der Waals surface area (Å²) in [7, 11) is 0. The Bertz CT molecular complexity index is 336. The van der Waals surface area contributed by atoms with E-state index in [4.69, 9.17) is 34.9 Å². The normalized spacial score (nSPS) is 17.7. The van der Waals surface area contributed by atoms with Gasteiger partial charge in [0.1, 0.15) is 18.5 Å². The van der Waals surface area contributed by atoms with Crippen molar-refractivity contribution in [1.82, 2.24) is 0 Å². The summed E-state index contributed by atoms with van der Waals surface area (Å²) in [6.45, 7) is 3.78. The Hall–Kier alpha value is -0.390. The lowest BCUT2D eigenvalue weighted by Gasteiger charge is -2.30. The average molecular weight is 385 g/mol. The first-order valence-corrected chi connectivity index (χ1v) is 8.96. The Kier molecular flexibility index (Phi) is 14.4. The number of halogens is 1. The number of aliphatic hydroxyl groups excluding tert-OH is 3. The molecule has 0 spiro atoms. The lowest BCUT2D eigenvalue weighted by molar-refractivity contribution is -0.109. The first kappa shape index (κ1) is 25.6. The van der Waals surface area contributed by atoms with Crippen LogP contribution >= 0.6 is 0 Å². The van der Waals surface area contributed by atoms with E-state index in [-0.39, 0.29) is 46.2 Å². The van der Waals surface area contributed by atoms with Crippen LogP contribution in [0.4, 0.5) is 4.39 Å². The van der Waals surface area contributed by atoms with Gasteiger partial charge in [-0.1, -0.05) is 0 Å². The molecule has 0 saturated heterocycles. The number of nitrogens with two attached hydrogens (primary N) is 1. The highest BCUT2D eigenvalue weighted by Gasteiger charge is 2.27. The Morgan fingerprint density at radius 1 is 0.923 bits per heavy atom. The van der Waals surface area contributed by atoms with Crippen LogP contribution in [-0.4, -0.2) is 92.3 Å². The van der Waals surface area contributed by atoms with Crippen LogP contribution < -0.4 is 5.73 Å². The second-order valence-electron chi connectivity index (χ2n) is 6.70. The van der Waals surface area contributed by atoms with Gasteiger partial charge in [0, 0.05) is 32.7 Å². The van der Waals surface area contributed by atoms with Crippen molar-refractivity contribution in [3.63, 3.8) is 0 Å². The predicted octanol–water partition coefficient (Wildman–Crippen LogP) is -0.0283. The third-order valence-corrected chi connectivity index (χ3v) is 3.70. The van der Waals surface area contributed by atoms with Gasteiger partial charge in [-0.15, -0.1) is 0 Å². The van der Waals surface area contributed by atoms with E-state index < -0.39 is 24.1 Å². The van der Waals surface area contributed by atoms with E-state index in [2.05, 4.69) is 0 Å².